The highest BCUT2D eigenvalue weighted by molar-refractivity contribution is 4.86. The van der Waals surface area contributed by atoms with Gasteiger partial charge in [-0.15, -0.1) is 6.58 Å². The smallest absolute Gasteiger partial charge is 0.148 e. The molecule has 0 aromatic carbocycles. The van der Waals surface area contributed by atoms with Crippen molar-refractivity contribution in [3.63, 3.8) is 0 Å². The van der Waals surface area contributed by atoms with Gasteiger partial charge in [0.1, 0.15) is 12.9 Å². The van der Waals surface area contributed by atoms with Gasteiger partial charge in [0.2, 0.25) is 0 Å². The SMILES string of the molecule is C=CC1OCOC1C. The average molecular weight is 114 g/mol. The second-order valence-corrected chi connectivity index (χ2v) is 1.86. The fourth-order valence-electron chi connectivity index (χ4n) is 0.715. The summed E-state index contributed by atoms with van der Waals surface area (Å²) in [6, 6.07) is 0. The molecule has 8 heavy (non-hydrogen) atoms. The minimum absolute atomic E-state index is 0.106. The number of hydrogen-bond acceptors (Lipinski definition) is 2. The van der Waals surface area contributed by atoms with E-state index in [9.17, 15) is 0 Å². The summed E-state index contributed by atoms with van der Waals surface area (Å²) in [5.74, 6) is 0. The van der Waals surface area contributed by atoms with E-state index in [1.807, 2.05) is 6.92 Å². The van der Waals surface area contributed by atoms with Gasteiger partial charge in [0.25, 0.3) is 0 Å². The molecule has 1 aliphatic rings. The van der Waals surface area contributed by atoms with Crippen molar-refractivity contribution in [3.05, 3.63) is 12.7 Å². The molecule has 2 unspecified atom stereocenters. The van der Waals surface area contributed by atoms with Crippen LogP contribution >= 0.6 is 0 Å². The molecule has 0 aliphatic carbocycles. The van der Waals surface area contributed by atoms with Crippen LogP contribution in [0.25, 0.3) is 0 Å². The van der Waals surface area contributed by atoms with E-state index in [0.29, 0.717) is 6.79 Å². The first-order valence-corrected chi connectivity index (χ1v) is 2.70. The first-order valence-electron chi connectivity index (χ1n) is 2.70. The molecule has 1 rings (SSSR count). The Hall–Kier alpha value is -0.340. The molecule has 2 heteroatoms. The van der Waals surface area contributed by atoms with Crippen molar-refractivity contribution in [3.8, 4) is 0 Å². The second-order valence-electron chi connectivity index (χ2n) is 1.86. The molecular formula is C6H10O2. The van der Waals surface area contributed by atoms with Crippen molar-refractivity contribution in [1.82, 2.24) is 0 Å². The number of rotatable bonds is 1. The van der Waals surface area contributed by atoms with Crippen molar-refractivity contribution >= 4 is 0 Å². The van der Waals surface area contributed by atoms with Crippen LogP contribution in [-0.2, 0) is 9.47 Å². The maximum atomic E-state index is 5.07. The molecule has 0 aromatic heterocycles. The van der Waals surface area contributed by atoms with E-state index in [0.717, 1.165) is 0 Å². The zero-order valence-corrected chi connectivity index (χ0v) is 4.96. The van der Waals surface area contributed by atoms with Crippen LogP contribution in [0.4, 0.5) is 0 Å². The lowest BCUT2D eigenvalue weighted by atomic mass is 10.2. The maximum Gasteiger partial charge on any atom is 0.148 e. The normalized spacial score (nSPS) is 37.6. The van der Waals surface area contributed by atoms with Crippen LogP contribution in [0.5, 0.6) is 0 Å². The highest BCUT2D eigenvalue weighted by Crippen LogP contribution is 2.11. The van der Waals surface area contributed by atoms with E-state index in [1.165, 1.54) is 0 Å². The molecule has 2 nitrogen and oxygen atoms in total. The van der Waals surface area contributed by atoms with E-state index in [1.54, 1.807) is 6.08 Å². The van der Waals surface area contributed by atoms with Gasteiger partial charge in [-0.2, -0.15) is 0 Å². The summed E-state index contributed by atoms with van der Waals surface area (Å²) in [6.45, 7) is 5.97. The molecular weight excluding hydrogens is 104 g/mol. The lowest BCUT2D eigenvalue weighted by molar-refractivity contribution is 0.0462. The minimum Gasteiger partial charge on any atom is -0.349 e. The first-order chi connectivity index (χ1) is 3.84. The molecule has 1 heterocycles. The number of hydrogen-bond donors (Lipinski definition) is 0. The van der Waals surface area contributed by atoms with Crippen molar-refractivity contribution < 1.29 is 9.47 Å². The summed E-state index contributed by atoms with van der Waals surface area (Å²) < 4.78 is 10.1. The predicted molar refractivity (Wildman–Crippen MR) is 30.5 cm³/mol. The third-order valence-electron chi connectivity index (χ3n) is 1.29. The minimum atomic E-state index is 0.106. The highest BCUT2D eigenvalue weighted by Gasteiger charge is 2.20. The molecule has 0 aromatic rings. The Labute approximate surface area is 49.1 Å². The summed E-state index contributed by atoms with van der Waals surface area (Å²) in [6.07, 6.45) is 2.06. The molecule has 1 fully saturated rings. The average Bonchev–Trinajstić information content (AvgIpc) is 2.14. The molecule has 0 spiro atoms. The van der Waals surface area contributed by atoms with Crippen LogP contribution in [0.3, 0.4) is 0 Å². The van der Waals surface area contributed by atoms with Gasteiger partial charge in [-0.3, -0.25) is 0 Å². The van der Waals surface area contributed by atoms with Crippen LogP contribution in [0.15, 0.2) is 12.7 Å². The molecule has 0 saturated carbocycles. The van der Waals surface area contributed by atoms with Crippen LogP contribution in [0.1, 0.15) is 6.92 Å². The van der Waals surface area contributed by atoms with Crippen molar-refractivity contribution in [1.29, 1.82) is 0 Å². The topological polar surface area (TPSA) is 18.5 Å². The Morgan fingerprint density at radius 1 is 1.62 bits per heavy atom. The summed E-state index contributed by atoms with van der Waals surface area (Å²) in [4.78, 5) is 0. The van der Waals surface area contributed by atoms with Gasteiger partial charge in [0.15, 0.2) is 0 Å². The monoisotopic (exact) mass is 114 g/mol. The molecule has 0 N–H and O–H groups in total. The summed E-state index contributed by atoms with van der Waals surface area (Å²) in [5.41, 5.74) is 0. The molecule has 2 atom stereocenters. The van der Waals surface area contributed by atoms with Crippen molar-refractivity contribution in [2.75, 3.05) is 6.79 Å². The van der Waals surface area contributed by atoms with Gasteiger partial charge >= 0.3 is 0 Å². The zero-order valence-electron chi connectivity index (χ0n) is 4.96. The quantitative estimate of drug-likeness (QED) is 0.472. The van der Waals surface area contributed by atoms with Crippen molar-refractivity contribution in [2.45, 2.75) is 19.1 Å². The Morgan fingerprint density at radius 3 is 2.62 bits per heavy atom. The third-order valence-corrected chi connectivity index (χ3v) is 1.29. The Balaban J connectivity index is 2.41. The van der Waals surface area contributed by atoms with Gasteiger partial charge in [-0.1, -0.05) is 6.08 Å². The Morgan fingerprint density at radius 2 is 2.38 bits per heavy atom. The second kappa shape index (κ2) is 2.29. The third kappa shape index (κ3) is 0.904. The van der Waals surface area contributed by atoms with E-state index < -0.39 is 0 Å². The molecule has 1 aliphatic heterocycles. The zero-order chi connectivity index (χ0) is 5.98. The van der Waals surface area contributed by atoms with Crippen LogP contribution < -0.4 is 0 Å². The van der Waals surface area contributed by atoms with E-state index in [4.69, 9.17) is 9.47 Å². The largest absolute Gasteiger partial charge is 0.349 e. The Bertz CT molecular complexity index is 90.5. The molecule has 0 radical (unpaired) electrons. The van der Waals surface area contributed by atoms with Gasteiger partial charge in [0.05, 0.1) is 6.10 Å². The van der Waals surface area contributed by atoms with Crippen molar-refractivity contribution in [2.24, 2.45) is 0 Å². The maximum absolute atomic E-state index is 5.07. The summed E-state index contributed by atoms with van der Waals surface area (Å²) in [5, 5.41) is 0. The molecule has 0 bridgehead atoms. The predicted octanol–water partition coefficient (Wildman–Crippen LogP) is 0.934. The lowest BCUT2D eigenvalue weighted by Gasteiger charge is -2.04. The van der Waals surface area contributed by atoms with Gasteiger partial charge in [-0.05, 0) is 6.92 Å². The summed E-state index contributed by atoms with van der Waals surface area (Å²) in [7, 11) is 0. The van der Waals surface area contributed by atoms with Crippen LogP contribution in [-0.4, -0.2) is 19.0 Å². The summed E-state index contributed by atoms with van der Waals surface area (Å²) >= 11 is 0. The van der Waals surface area contributed by atoms with Crippen LogP contribution in [0.2, 0.25) is 0 Å². The first kappa shape index (κ1) is 5.79. The fraction of sp³-hybridized carbons (Fsp3) is 0.667. The molecule has 1 saturated heterocycles. The van der Waals surface area contributed by atoms with Gasteiger partial charge in [0, 0.05) is 0 Å². The molecule has 46 valence electrons. The van der Waals surface area contributed by atoms with E-state index in [2.05, 4.69) is 6.58 Å². The lowest BCUT2D eigenvalue weighted by Crippen LogP contribution is -2.14. The van der Waals surface area contributed by atoms with E-state index >= 15 is 0 Å². The Kier molecular flexibility index (Phi) is 1.65. The van der Waals surface area contributed by atoms with Gasteiger partial charge < -0.3 is 9.47 Å². The number of ether oxygens (including phenoxy) is 2. The fourth-order valence-corrected chi connectivity index (χ4v) is 0.715. The molecule has 0 amide bonds. The highest BCUT2D eigenvalue weighted by atomic mass is 16.7. The standard InChI is InChI=1S/C6H10O2/c1-3-6-5(2)7-4-8-6/h3,5-6H,1,4H2,2H3. The van der Waals surface area contributed by atoms with Crippen LogP contribution in [0, 0.1) is 0 Å². The van der Waals surface area contributed by atoms with E-state index in [-0.39, 0.29) is 12.2 Å². The van der Waals surface area contributed by atoms with Gasteiger partial charge in [-0.25, -0.2) is 0 Å².